The number of methoxy groups -OCH3 is 1. The number of fused-ring (bicyclic) bond motifs is 1. The number of alkyl halides is 1. The van der Waals surface area contributed by atoms with Gasteiger partial charge >= 0.3 is 0 Å². The summed E-state index contributed by atoms with van der Waals surface area (Å²) in [6, 6.07) is 5.52. The Bertz CT molecular complexity index is 1290. The zero-order chi connectivity index (χ0) is 29.9. The normalized spacial score (nSPS) is 25.6. The number of thiazole rings is 1. The largest absolute Gasteiger partial charge is 0.383 e. The van der Waals surface area contributed by atoms with Gasteiger partial charge in [-0.2, -0.15) is 0 Å². The number of carbonyl (C=O) groups excluding carboxylic acids is 3. The number of anilines is 1. The van der Waals surface area contributed by atoms with Crippen LogP contribution >= 0.6 is 11.3 Å². The number of Topliss-reactive ketones (excluding diaryl/α,β-unsaturated/α-hetero) is 1. The van der Waals surface area contributed by atoms with E-state index in [1.807, 2.05) is 17.5 Å². The van der Waals surface area contributed by atoms with Gasteiger partial charge in [-0.1, -0.05) is 31.4 Å². The molecule has 0 spiro atoms. The third-order valence-corrected chi connectivity index (χ3v) is 10.2. The number of likely N-dealkylation sites (tertiary alicyclic amines) is 1. The average Bonchev–Trinajstić information content (AvgIpc) is 3.77. The minimum absolute atomic E-state index is 0.0609. The molecule has 4 heterocycles. The summed E-state index contributed by atoms with van der Waals surface area (Å²) in [7, 11) is 1.73. The maximum Gasteiger partial charge on any atom is 0.251 e. The van der Waals surface area contributed by atoms with Crippen LogP contribution in [0.5, 0.6) is 0 Å². The van der Waals surface area contributed by atoms with Gasteiger partial charge in [0.2, 0.25) is 5.91 Å². The van der Waals surface area contributed by atoms with Crippen molar-refractivity contribution >= 4 is 34.1 Å². The Morgan fingerprint density at radius 1 is 1.14 bits per heavy atom. The lowest BCUT2D eigenvalue weighted by Gasteiger charge is -2.34. The fourth-order valence-electron chi connectivity index (χ4n) is 6.79. The molecular formula is C31H40FN5O5S. The molecule has 1 N–H and O–H groups in total. The predicted molar refractivity (Wildman–Crippen MR) is 161 cm³/mol. The summed E-state index contributed by atoms with van der Waals surface area (Å²) in [6.45, 7) is 5.10. The van der Waals surface area contributed by atoms with E-state index in [4.69, 9.17) is 14.5 Å². The lowest BCUT2D eigenvalue weighted by Crippen LogP contribution is -2.55. The average molecular weight is 614 g/mol. The second kappa shape index (κ2) is 13.4. The van der Waals surface area contributed by atoms with Gasteiger partial charge in [-0.3, -0.25) is 19.3 Å². The topological polar surface area (TPSA) is 104 Å². The van der Waals surface area contributed by atoms with E-state index in [0.29, 0.717) is 5.56 Å². The molecule has 0 bridgehead atoms. The molecule has 43 heavy (non-hydrogen) atoms. The minimum atomic E-state index is -1.41. The highest BCUT2D eigenvalue weighted by Gasteiger charge is 2.54. The number of piperazine rings is 1. The van der Waals surface area contributed by atoms with E-state index in [-0.39, 0.29) is 36.7 Å². The molecule has 12 heteroatoms. The van der Waals surface area contributed by atoms with Gasteiger partial charge in [-0.15, -0.1) is 11.3 Å². The van der Waals surface area contributed by atoms with Gasteiger partial charge in [0, 0.05) is 56.3 Å². The molecule has 4 fully saturated rings. The molecule has 6 rings (SSSR count). The highest BCUT2D eigenvalue weighted by molar-refractivity contribution is 7.14. The fourth-order valence-corrected chi connectivity index (χ4v) is 7.68. The van der Waals surface area contributed by atoms with Crippen molar-refractivity contribution in [2.24, 2.45) is 5.92 Å². The van der Waals surface area contributed by atoms with Gasteiger partial charge in [0.05, 0.1) is 18.8 Å². The van der Waals surface area contributed by atoms with E-state index >= 15 is 0 Å². The summed E-state index contributed by atoms with van der Waals surface area (Å²) in [5.41, 5.74) is 2.20. The Labute approximate surface area is 255 Å². The number of nitrogens with one attached hydrogen (secondary N) is 1. The molecule has 4 atom stereocenters. The Hall–Kier alpha value is -2.93. The first-order valence-corrected chi connectivity index (χ1v) is 16.2. The first-order valence-electron chi connectivity index (χ1n) is 15.3. The number of halogens is 1. The van der Waals surface area contributed by atoms with Gasteiger partial charge in [0.15, 0.2) is 10.9 Å². The second-order valence-electron chi connectivity index (χ2n) is 12.0. The van der Waals surface area contributed by atoms with Gasteiger partial charge in [-0.05, 0) is 30.9 Å². The van der Waals surface area contributed by atoms with E-state index < -0.39 is 24.4 Å². The smallest absolute Gasteiger partial charge is 0.251 e. The number of rotatable bonds is 9. The number of ketones is 1. The predicted octanol–water partition coefficient (Wildman–Crippen LogP) is 2.77. The molecule has 3 aliphatic heterocycles. The molecule has 0 unspecified atom stereocenters. The van der Waals surface area contributed by atoms with Crippen LogP contribution in [-0.2, 0) is 19.1 Å². The van der Waals surface area contributed by atoms with E-state index in [1.165, 1.54) is 4.90 Å². The Morgan fingerprint density at radius 2 is 1.88 bits per heavy atom. The third kappa shape index (κ3) is 6.47. The molecule has 1 aromatic heterocycles. The molecular weight excluding hydrogens is 573 g/mol. The van der Waals surface area contributed by atoms with Crippen molar-refractivity contribution in [1.82, 2.24) is 20.1 Å². The van der Waals surface area contributed by atoms with Crippen LogP contribution in [0.3, 0.4) is 0 Å². The quantitative estimate of drug-likeness (QED) is 0.461. The number of hydrogen-bond acceptors (Lipinski definition) is 9. The van der Waals surface area contributed by atoms with Crippen LogP contribution in [0.4, 0.5) is 9.52 Å². The van der Waals surface area contributed by atoms with Crippen LogP contribution in [0.2, 0.25) is 0 Å². The Morgan fingerprint density at radius 3 is 2.60 bits per heavy atom. The first-order chi connectivity index (χ1) is 20.9. The second-order valence-corrected chi connectivity index (χ2v) is 12.8. The van der Waals surface area contributed by atoms with E-state index in [9.17, 15) is 18.8 Å². The van der Waals surface area contributed by atoms with Crippen molar-refractivity contribution < 1.29 is 28.2 Å². The zero-order valence-electron chi connectivity index (χ0n) is 24.6. The summed E-state index contributed by atoms with van der Waals surface area (Å²) in [5.74, 6) is -1.09. The lowest BCUT2D eigenvalue weighted by molar-refractivity contribution is -0.139. The van der Waals surface area contributed by atoms with Crippen molar-refractivity contribution in [3.8, 4) is 11.3 Å². The number of benzene rings is 1. The van der Waals surface area contributed by atoms with Gasteiger partial charge < -0.3 is 24.6 Å². The first kappa shape index (κ1) is 30.1. The van der Waals surface area contributed by atoms with Crippen molar-refractivity contribution in [2.45, 2.75) is 56.5 Å². The summed E-state index contributed by atoms with van der Waals surface area (Å²) in [6.07, 6.45) is 2.31. The fraction of sp³-hybridized carbons (Fsp3) is 0.613. The van der Waals surface area contributed by atoms with E-state index in [2.05, 4.69) is 15.1 Å². The number of amides is 2. The van der Waals surface area contributed by atoms with E-state index in [1.54, 1.807) is 30.6 Å². The summed E-state index contributed by atoms with van der Waals surface area (Å²) in [4.78, 5) is 50.6. The molecule has 1 aromatic carbocycles. The SMILES string of the molecule is COCCN1CCN(c2nc(-c3ccc(C(=O)N[C@H](C(=O)N4C[C@H](F)[C@H]5OCC(=O)[C@H]54)C4CCCCC4)cc3)cs2)CC1. The Balaban J connectivity index is 1.11. The number of nitrogens with zero attached hydrogens (tertiary/aromatic N) is 4. The zero-order valence-corrected chi connectivity index (χ0v) is 25.4. The number of ether oxygens (including phenoxy) is 2. The third-order valence-electron chi connectivity index (χ3n) is 9.27. The maximum atomic E-state index is 14.7. The lowest BCUT2D eigenvalue weighted by atomic mass is 9.83. The van der Waals surface area contributed by atoms with Crippen molar-refractivity contribution in [2.75, 3.05) is 64.5 Å². The van der Waals surface area contributed by atoms with Crippen molar-refractivity contribution in [1.29, 1.82) is 0 Å². The molecule has 0 radical (unpaired) electrons. The number of aromatic nitrogens is 1. The van der Waals surface area contributed by atoms with Crippen LogP contribution in [-0.4, -0.2) is 116 Å². The minimum Gasteiger partial charge on any atom is -0.383 e. The Kier molecular flexibility index (Phi) is 9.37. The number of carbonyl (C=O) groups is 3. The highest BCUT2D eigenvalue weighted by atomic mass is 32.1. The van der Waals surface area contributed by atoms with Crippen LogP contribution in [0.25, 0.3) is 11.3 Å². The van der Waals surface area contributed by atoms with Gasteiger partial charge in [0.25, 0.3) is 5.91 Å². The summed E-state index contributed by atoms with van der Waals surface area (Å²) >= 11 is 1.62. The molecule has 2 amide bonds. The van der Waals surface area contributed by atoms with Crippen LogP contribution in [0, 0.1) is 5.92 Å². The van der Waals surface area contributed by atoms with Crippen LogP contribution < -0.4 is 10.2 Å². The van der Waals surface area contributed by atoms with Gasteiger partial charge in [0.1, 0.15) is 31.0 Å². The molecule has 232 valence electrons. The monoisotopic (exact) mass is 613 g/mol. The van der Waals surface area contributed by atoms with Crippen molar-refractivity contribution in [3.05, 3.63) is 35.2 Å². The summed E-state index contributed by atoms with van der Waals surface area (Å²) in [5, 5.41) is 6.00. The molecule has 2 aromatic rings. The molecule has 10 nitrogen and oxygen atoms in total. The molecule has 3 saturated heterocycles. The van der Waals surface area contributed by atoms with E-state index in [0.717, 1.165) is 87.8 Å². The summed E-state index contributed by atoms with van der Waals surface area (Å²) < 4.78 is 25.2. The number of hydrogen-bond donors (Lipinski definition) is 1. The maximum absolute atomic E-state index is 14.7. The van der Waals surface area contributed by atoms with Crippen molar-refractivity contribution in [3.63, 3.8) is 0 Å². The van der Waals surface area contributed by atoms with Gasteiger partial charge in [-0.25, -0.2) is 9.37 Å². The standard InChI is InChI=1S/C31H40FN5O5S/c1-41-16-15-35-11-13-36(14-12-35)31-33-24(19-43-31)20-7-9-22(10-8-20)29(39)34-26(21-5-3-2-4-6-21)30(40)37-17-23(32)28-27(37)25(38)18-42-28/h7-10,19,21,23,26-28H,2-6,11-18H2,1H3,(H,34,39)/t23-,26-,27+,28+/m0/s1. The van der Waals surface area contributed by atoms with Crippen LogP contribution in [0.1, 0.15) is 42.5 Å². The van der Waals surface area contributed by atoms with Crippen LogP contribution in [0.15, 0.2) is 29.6 Å². The molecule has 1 saturated carbocycles. The molecule has 4 aliphatic rings. The molecule has 1 aliphatic carbocycles. The highest BCUT2D eigenvalue weighted by Crippen LogP contribution is 2.34.